The van der Waals surface area contributed by atoms with E-state index in [2.05, 4.69) is 20.9 Å². The molecule has 204 valence electrons. The summed E-state index contributed by atoms with van der Waals surface area (Å²) in [5.74, 6) is -1.77. The molecule has 3 heterocycles. The molecule has 0 atom stereocenters. The van der Waals surface area contributed by atoms with Gasteiger partial charge < -0.3 is 0 Å². The van der Waals surface area contributed by atoms with Crippen LogP contribution in [-0.2, 0) is 16.6 Å². The molecule has 2 N–H and O–H groups in total. The monoisotopic (exact) mass is 548 g/mol. The molecule has 0 radical (unpaired) electrons. The summed E-state index contributed by atoms with van der Waals surface area (Å²) in [6.07, 6.45) is 0. The van der Waals surface area contributed by atoms with Crippen molar-refractivity contribution >= 4 is 40.1 Å². The molecular formula is C29H24N8O4. The molecule has 0 aliphatic carbocycles. The highest BCUT2D eigenvalue weighted by Gasteiger charge is 2.39. The Morgan fingerprint density at radius 2 is 1.49 bits per heavy atom. The average Bonchev–Trinajstić information content (AvgIpc) is 3.38. The number of amides is 2. The lowest BCUT2D eigenvalue weighted by atomic mass is 10.2. The molecule has 1 fully saturated rings. The van der Waals surface area contributed by atoms with Crippen LogP contribution in [0.3, 0.4) is 0 Å². The van der Waals surface area contributed by atoms with Gasteiger partial charge in [0, 0.05) is 7.05 Å². The van der Waals surface area contributed by atoms with Gasteiger partial charge >= 0.3 is 5.91 Å². The molecule has 1 aliphatic heterocycles. The molecule has 6 rings (SSSR count). The second-order valence-electron chi connectivity index (χ2n) is 9.50. The summed E-state index contributed by atoms with van der Waals surface area (Å²) >= 11 is 0. The number of hydrazine groups is 1. The Labute approximate surface area is 232 Å². The summed E-state index contributed by atoms with van der Waals surface area (Å²) in [7, 11) is 1.72. The van der Waals surface area contributed by atoms with Gasteiger partial charge in [-0.2, -0.15) is 10.1 Å². The number of aromatic nitrogens is 4. The molecule has 41 heavy (non-hydrogen) atoms. The number of para-hydroxylation sites is 2. The van der Waals surface area contributed by atoms with Crippen LogP contribution in [0.4, 0.5) is 11.6 Å². The zero-order valence-corrected chi connectivity index (χ0v) is 22.3. The van der Waals surface area contributed by atoms with E-state index in [-0.39, 0.29) is 11.6 Å². The van der Waals surface area contributed by atoms with E-state index in [0.29, 0.717) is 28.0 Å². The number of benzene rings is 3. The minimum atomic E-state index is -0.845. The number of rotatable bonds is 5. The topological polar surface area (TPSA) is 136 Å². The molecule has 2 aromatic heterocycles. The zero-order valence-electron chi connectivity index (χ0n) is 22.3. The standard InChI is InChI=1S/C29H24N8O4/c1-17-13-15-19(16-14-17)35-26(39)21-11-7-8-12-22(21)30-29(35)36-27(40)24(25(38)33-36)32-31-23-18(2)34(3)37(28(23)41)20-9-5-4-6-10-20/h4-16,31H,1-3H3,(H,33,38)/b32-24+. The molecule has 1 aliphatic rings. The van der Waals surface area contributed by atoms with Gasteiger partial charge in [0.05, 0.1) is 28.0 Å². The number of nitrogens with zero attached hydrogens (tertiary/aromatic N) is 6. The quantitative estimate of drug-likeness (QED) is 0.324. The fourth-order valence-corrected chi connectivity index (χ4v) is 4.65. The van der Waals surface area contributed by atoms with E-state index >= 15 is 0 Å². The van der Waals surface area contributed by atoms with Crippen LogP contribution < -0.4 is 27.0 Å². The second-order valence-corrected chi connectivity index (χ2v) is 9.50. The van der Waals surface area contributed by atoms with Crippen molar-refractivity contribution in [2.45, 2.75) is 13.8 Å². The molecule has 3 aromatic carbocycles. The zero-order chi connectivity index (χ0) is 28.8. The van der Waals surface area contributed by atoms with E-state index in [9.17, 15) is 19.2 Å². The largest absolute Gasteiger partial charge is 0.305 e. The van der Waals surface area contributed by atoms with E-state index in [1.807, 2.05) is 37.3 Å². The van der Waals surface area contributed by atoms with Gasteiger partial charge in [-0.05, 0) is 50.2 Å². The minimum Gasteiger partial charge on any atom is -0.283 e. The third-order valence-electron chi connectivity index (χ3n) is 6.92. The Balaban J connectivity index is 1.41. The number of hydrogen-bond donors (Lipinski definition) is 2. The van der Waals surface area contributed by atoms with Gasteiger partial charge in [-0.15, -0.1) is 0 Å². The SMILES string of the molecule is Cc1ccc(-n2c(N3NC(=O)/C(=N\Nc4c(C)n(C)n(-c5ccccc5)c4=O)C3=O)nc3ccccc3c2=O)cc1. The van der Waals surface area contributed by atoms with Crippen LogP contribution in [-0.4, -0.2) is 36.4 Å². The molecule has 0 saturated carbocycles. The van der Waals surface area contributed by atoms with Gasteiger partial charge in [0.25, 0.3) is 17.0 Å². The van der Waals surface area contributed by atoms with Crippen molar-refractivity contribution in [3.05, 3.63) is 111 Å². The van der Waals surface area contributed by atoms with Crippen LogP contribution in [0.15, 0.2) is 93.6 Å². The summed E-state index contributed by atoms with van der Waals surface area (Å²) in [5.41, 5.74) is 6.81. The number of carbonyl (C=O) groups excluding carboxylic acids is 2. The van der Waals surface area contributed by atoms with Crippen LogP contribution in [0, 0.1) is 13.8 Å². The van der Waals surface area contributed by atoms with E-state index < -0.39 is 28.6 Å². The number of hydrazone groups is 1. The van der Waals surface area contributed by atoms with Crippen LogP contribution in [0.5, 0.6) is 0 Å². The fourth-order valence-electron chi connectivity index (χ4n) is 4.65. The summed E-state index contributed by atoms with van der Waals surface area (Å²) < 4.78 is 4.35. The maximum absolute atomic E-state index is 13.6. The van der Waals surface area contributed by atoms with Gasteiger partial charge in [-0.25, -0.2) is 14.2 Å². The van der Waals surface area contributed by atoms with Crippen molar-refractivity contribution in [3.63, 3.8) is 0 Å². The smallest absolute Gasteiger partial charge is 0.283 e. The van der Waals surface area contributed by atoms with Crippen molar-refractivity contribution in [1.29, 1.82) is 0 Å². The third kappa shape index (κ3) is 4.18. The molecule has 5 aromatic rings. The van der Waals surface area contributed by atoms with E-state index in [1.165, 1.54) is 9.25 Å². The number of hydrogen-bond acceptors (Lipinski definition) is 7. The van der Waals surface area contributed by atoms with Crippen molar-refractivity contribution in [2.24, 2.45) is 12.1 Å². The first-order valence-electron chi connectivity index (χ1n) is 12.7. The lowest BCUT2D eigenvalue weighted by molar-refractivity contribution is -0.114. The molecule has 12 heteroatoms. The van der Waals surface area contributed by atoms with Crippen molar-refractivity contribution in [3.8, 4) is 11.4 Å². The number of carbonyl (C=O) groups is 2. The Bertz CT molecular complexity index is 2000. The van der Waals surface area contributed by atoms with Gasteiger partial charge in [0.1, 0.15) is 5.69 Å². The van der Waals surface area contributed by atoms with Crippen LogP contribution in [0.1, 0.15) is 11.3 Å². The lowest BCUT2D eigenvalue weighted by Crippen LogP contribution is -2.41. The predicted octanol–water partition coefficient (Wildman–Crippen LogP) is 2.34. The first-order chi connectivity index (χ1) is 19.8. The molecule has 2 amide bonds. The molecule has 12 nitrogen and oxygen atoms in total. The second kappa shape index (κ2) is 9.75. The van der Waals surface area contributed by atoms with Crippen LogP contribution in [0.2, 0.25) is 0 Å². The minimum absolute atomic E-state index is 0.100. The third-order valence-corrected chi connectivity index (χ3v) is 6.92. The predicted molar refractivity (Wildman–Crippen MR) is 155 cm³/mol. The number of aryl methyl sites for hydroxylation is 1. The highest BCUT2D eigenvalue weighted by Crippen LogP contribution is 2.21. The van der Waals surface area contributed by atoms with Crippen molar-refractivity contribution in [2.75, 3.05) is 10.4 Å². The first-order valence-corrected chi connectivity index (χ1v) is 12.7. The molecule has 1 saturated heterocycles. The Kier molecular flexibility index (Phi) is 6.07. The van der Waals surface area contributed by atoms with Gasteiger partial charge in [0.2, 0.25) is 11.7 Å². The molecule has 0 unspecified atom stereocenters. The maximum Gasteiger partial charge on any atom is 0.305 e. The van der Waals surface area contributed by atoms with Crippen molar-refractivity contribution in [1.82, 2.24) is 24.3 Å². The number of fused-ring (bicyclic) bond motifs is 1. The van der Waals surface area contributed by atoms with E-state index in [0.717, 1.165) is 10.6 Å². The van der Waals surface area contributed by atoms with Crippen molar-refractivity contribution < 1.29 is 9.59 Å². The average molecular weight is 549 g/mol. The Morgan fingerprint density at radius 1 is 0.805 bits per heavy atom. The first kappa shape index (κ1) is 25.5. The maximum atomic E-state index is 13.6. The highest BCUT2D eigenvalue weighted by atomic mass is 16.2. The number of nitrogens with one attached hydrogen (secondary N) is 2. The summed E-state index contributed by atoms with van der Waals surface area (Å²) in [6, 6.07) is 22.9. The lowest BCUT2D eigenvalue weighted by Gasteiger charge is -2.19. The summed E-state index contributed by atoms with van der Waals surface area (Å²) in [5, 5.41) is 5.25. The fraction of sp³-hybridized carbons (Fsp3) is 0.103. The van der Waals surface area contributed by atoms with Crippen LogP contribution in [0.25, 0.3) is 22.3 Å². The number of anilines is 2. The Morgan fingerprint density at radius 3 is 2.22 bits per heavy atom. The van der Waals surface area contributed by atoms with Gasteiger partial charge in [-0.1, -0.05) is 48.0 Å². The van der Waals surface area contributed by atoms with Gasteiger partial charge in [0.15, 0.2) is 0 Å². The van der Waals surface area contributed by atoms with Crippen LogP contribution >= 0.6 is 0 Å². The molecule has 0 spiro atoms. The Hall–Kier alpha value is -5.78. The molecular weight excluding hydrogens is 524 g/mol. The summed E-state index contributed by atoms with van der Waals surface area (Å²) in [6.45, 7) is 3.63. The van der Waals surface area contributed by atoms with E-state index in [1.54, 1.807) is 67.2 Å². The molecule has 0 bridgehead atoms. The summed E-state index contributed by atoms with van der Waals surface area (Å²) in [4.78, 5) is 57.8. The van der Waals surface area contributed by atoms with E-state index in [4.69, 9.17) is 0 Å². The highest BCUT2D eigenvalue weighted by molar-refractivity contribution is 6.70. The normalized spacial score (nSPS) is 14.2. The van der Waals surface area contributed by atoms with Gasteiger partial charge in [-0.3, -0.25) is 34.7 Å².